The predicted molar refractivity (Wildman–Crippen MR) is 69.1 cm³/mol. The summed E-state index contributed by atoms with van der Waals surface area (Å²) >= 11 is 0. The first-order valence-electron chi connectivity index (χ1n) is 6.05. The number of rotatable bonds is 2. The average molecular weight is 323 g/mol. The summed E-state index contributed by atoms with van der Waals surface area (Å²) in [5.41, 5.74) is 4.56. The van der Waals surface area contributed by atoms with Gasteiger partial charge in [-0.1, -0.05) is 24.3 Å². The molecule has 2 aromatic carbocycles. The fourth-order valence-electron chi connectivity index (χ4n) is 2.15. The van der Waals surface area contributed by atoms with Gasteiger partial charge in [0.05, 0.1) is 0 Å². The van der Waals surface area contributed by atoms with Gasteiger partial charge in [0.2, 0.25) is 0 Å². The van der Waals surface area contributed by atoms with Crippen molar-refractivity contribution < 1.29 is 31.4 Å². The SMILES string of the molecule is Cc1cc(C(F)(F)C(O)(F)C(F)(F)F)c2ccccc2c1N. The van der Waals surface area contributed by atoms with Gasteiger partial charge in [-0.05, 0) is 23.9 Å². The Hall–Kier alpha value is -1.96. The molecule has 22 heavy (non-hydrogen) atoms. The first kappa shape index (κ1) is 16.4. The maximum atomic E-state index is 14.1. The Morgan fingerprint density at radius 1 is 0.955 bits per heavy atom. The number of alkyl halides is 6. The molecule has 0 radical (unpaired) electrons. The van der Waals surface area contributed by atoms with Crippen molar-refractivity contribution in [2.24, 2.45) is 0 Å². The molecule has 2 nitrogen and oxygen atoms in total. The molecule has 0 aliphatic heterocycles. The van der Waals surface area contributed by atoms with E-state index in [2.05, 4.69) is 0 Å². The van der Waals surface area contributed by atoms with E-state index >= 15 is 0 Å². The number of nitrogen functional groups attached to an aromatic ring is 1. The first-order valence-corrected chi connectivity index (χ1v) is 6.05. The third-order valence-corrected chi connectivity index (χ3v) is 3.42. The van der Waals surface area contributed by atoms with Gasteiger partial charge in [-0.25, -0.2) is 0 Å². The molecule has 0 bridgehead atoms. The lowest BCUT2D eigenvalue weighted by Crippen LogP contribution is -2.53. The van der Waals surface area contributed by atoms with Crippen LogP contribution in [-0.2, 0) is 5.92 Å². The van der Waals surface area contributed by atoms with Crippen LogP contribution >= 0.6 is 0 Å². The Balaban J connectivity index is 2.82. The zero-order chi connectivity index (χ0) is 16.9. The van der Waals surface area contributed by atoms with Crippen LogP contribution in [0.4, 0.5) is 32.0 Å². The molecule has 0 aromatic heterocycles. The highest BCUT2D eigenvalue weighted by molar-refractivity contribution is 5.97. The Morgan fingerprint density at radius 3 is 1.95 bits per heavy atom. The number of benzene rings is 2. The number of aliphatic hydroxyl groups is 1. The molecule has 0 saturated carbocycles. The smallest absolute Gasteiger partial charge is 0.398 e. The third kappa shape index (κ3) is 2.18. The van der Waals surface area contributed by atoms with Crippen LogP contribution in [0.1, 0.15) is 11.1 Å². The molecule has 3 N–H and O–H groups in total. The Morgan fingerprint density at radius 2 is 1.45 bits per heavy atom. The fourth-order valence-corrected chi connectivity index (χ4v) is 2.15. The van der Waals surface area contributed by atoms with E-state index in [-0.39, 0.29) is 22.0 Å². The van der Waals surface area contributed by atoms with E-state index in [1.165, 1.54) is 25.1 Å². The Labute approximate surface area is 121 Å². The fraction of sp³-hybridized carbons (Fsp3) is 0.286. The van der Waals surface area contributed by atoms with Crippen LogP contribution in [0.15, 0.2) is 30.3 Å². The van der Waals surface area contributed by atoms with E-state index in [1.54, 1.807) is 0 Å². The highest BCUT2D eigenvalue weighted by Gasteiger charge is 2.71. The molecule has 0 aliphatic rings. The summed E-state index contributed by atoms with van der Waals surface area (Å²) in [5, 5.41) is 8.47. The molecular weight excluding hydrogens is 312 g/mol. The van der Waals surface area contributed by atoms with E-state index in [4.69, 9.17) is 10.8 Å². The number of hydrogen-bond donors (Lipinski definition) is 2. The van der Waals surface area contributed by atoms with Gasteiger partial charge >= 0.3 is 18.0 Å². The Bertz CT molecular complexity index is 723. The molecule has 0 amide bonds. The zero-order valence-electron chi connectivity index (χ0n) is 11.2. The van der Waals surface area contributed by atoms with Crippen LogP contribution in [0.5, 0.6) is 0 Å². The minimum absolute atomic E-state index is 0.0475. The maximum Gasteiger partial charge on any atom is 0.455 e. The van der Waals surface area contributed by atoms with Crippen LogP contribution in [0, 0.1) is 6.92 Å². The second-order valence-corrected chi connectivity index (χ2v) is 4.89. The van der Waals surface area contributed by atoms with Gasteiger partial charge in [0.1, 0.15) is 0 Å². The molecule has 0 heterocycles. The van der Waals surface area contributed by atoms with E-state index < -0.39 is 23.5 Å². The van der Waals surface area contributed by atoms with E-state index in [0.717, 1.165) is 6.07 Å². The summed E-state index contributed by atoms with van der Waals surface area (Å²) in [4.78, 5) is 0. The van der Waals surface area contributed by atoms with Crippen molar-refractivity contribution in [3.05, 3.63) is 41.5 Å². The zero-order valence-corrected chi connectivity index (χ0v) is 11.2. The van der Waals surface area contributed by atoms with Crippen LogP contribution < -0.4 is 5.73 Å². The maximum absolute atomic E-state index is 14.1. The van der Waals surface area contributed by atoms with Crippen molar-refractivity contribution in [2.45, 2.75) is 24.9 Å². The van der Waals surface area contributed by atoms with Gasteiger partial charge in [0.25, 0.3) is 0 Å². The van der Waals surface area contributed by atoms with Crippen molar-refractivity contribution in [3.63, 3.8) is 0 Å². The van der Waals surface area contributed by atoms with Gasteiger partial charge in [-0.2, -0.15) is 26.3 Å². The molecule has 2 aromatic rings. The number of anilines is 1. The molecule has 2 rings (SSSR count). The number of aryl methyl sites for hydroxylation is 1. The van der Waals surface area contributed by atoms with Crippen LogP contribution in [0.3, 0.4) is 0 Å². The minimum Gasteiger partial charge on any atom is -0.398 e. The number of fused-ring (bicyclic) bond motifs is 1. The van der Waals surface area contributed by atoms with E-state index in [1.807, 2.05) is 0 Å². The molecular formula is C14H11F6NO. The Kier molecular flexibility index (Phi) is 3.56. The van der Waals surface area contributed by atoms with Gasteiger partial charge < -0.3 is 10.8 Å². The lowest BCUT2D eigenvalue weighted by molar-refractivity contribution is -0.390. The van der Waals surface area contributed by atoms with Crippen molar-refractivity contribution in [2.75, 3.05) is 5.73 Å². The van der Waals surface area contributed by atoms with Gasteiger partial charge in [0.15, 0.2) is 0 Å². The van der Waals surface area contributed by atoms with Gasteiger partial charge in [0, 0.05) is 16.6 Å². The lowest BCUT2D eigenvalue weighted by atomic mass is 9.92. The molecule has 0 saturated heterocycles. The van der Waals surface area contributed by atoms with Crippen molar-refractivity contribution in [1.29, 1.82) is 0 Å². The quantitative estimate of drug-likeness (QED) is 0.647. The van der Waals surface area contributed by atoms with Crippen LogP contribution in [-0.4, -0.2) is 17.1 Å². The largest absolute Gasteiger partial charge is 0.455 e. The summed E-state index contributed by atoms with van der Waals surface area (Å²) in [5.74, 6) is -10.9. The molecule has 1 unspecified atom stereocenters. The summed E-state index contributed by atoms with van der Waals surface area (Å²) in [6.07, 6.45) is -6.16. The molecule has 0 fully saturated rings. The van der Waals surface area contributed by atoms with Crippen molar-refractivity contribution in [1.82, 2.24) is 0 Å². The highest BCUT2D eigenvalue weighted by atomic mass is 19.4. The monoisotopic (exact) mass is 323 g/mol. The van der Waals surface area contributed by atoms with Gasteiger partial charge in [-0.3, -0.25) is 0 Å². The first-order chi connectivity index (χ1) is 9.91. The van der Waals surface area contributed by atoms with Gasteiger partial charge in [-0.15, -0.1) is 0 Å². The molecule has 1 atom stereocenters. The van der Waals surface area contributed by atoms with Crippen molar-refractivity contribution in [3.8, 4) is 0 Å². The molecule has 120 valence electrons. The summed E-state index contributed by atoms with van der Waals surface area (Å²) in [6.45, 7) is 1.30. The van der Waals surface area contributed by atoms with Crippen molar-refractivity contribution >= 4 is 16.5 Å². The summed E-state index contributed by atoms with van der Waals surface area (Å²) in [7, 11) is 0. The molecule has 8 heteroatoms. The molecule has 0 aliphatic carbocycles. The molecule has 0 spiro atoms. The minimum atomic E-state index is -6.16. The van der Waals surface area contributed by atoms with E-state index in [0.29, 0.717) is 6.07 Å². The lowest BCUT2D eigenvalue weighted by Gasteiger charge is -2.31. The van der Waals surface area contributed by atoms with Crippen LogP contribution in [0.2, 0.25) is 0 Å². The number of halogens is 6. The topological polar surface area (TPSA) is 46.2 Å². The average Bonchev–Trinajstić information content (AvgIpc) is 2.41. The third-order valence-electron chi connectivity index (χ3n) is 3.42. The standard InChI is InChI=1S/C14H11F6NO/c1-7-6-10(8-4-2-3-5-9(8)11(7)21)12(15,16)13(17,22)14(18,19)20/h2-6,22H,21H2,1H3. The van der Waals surface area contributed by atoms with Crippen LogP contribution in [0.25, 0.3) is 10.8 Å². The highest BCUT2D eigenvalue weighted by Crippen LogP contribution is 2.51. The van der Waals surface area contributed by atoms with E-state index in [9.17, 15) is 26.3 Å². The summed E-state index contributed by atoms with van der Waals surface area (Å²) < 4.78 is 79.0. The second-order valence-electron chi connectivity index (χ2n) is 4.89. The second kappa shape index (κ2) is 4.77. The summed E-state index contributed by atoms with van der Waals surface area (Å²) in [6, 6.07) is 5.80. The number of hydrogen-bond acceptors (Lipinski definition) is 2. The number of nitrogens with two attached hydrogens (primary N) is 1. The normalized spacial score (nSPS) is 15.8. The predicted octanol–water partition coefficient (Wildman–Crippen LogP) is 4.04.